The van der Waals surface area contributed by atoms with Gasteiger partial charge in [-0.2, -0.15) is 0 Å². The van der Waals surface area contributed by atoms with Crippen LogP contribution in [-0.2, 0) is 0 Å². The van der Waals surface area contributed by atoms with Crippen LogP contribution in [0.2, 0.25) is 0 Å². The third-order valence-electron chi connectivity index (χ3n) is 4.02. The molecule has 1 atom stereocenters. The van der Waals surface area contributed by atoms with Crippen LogP contribution in [0.1, 0.15) is 49.9 Å². The summed E-state index contributed by atoms with van der Waals surface area (Å²) in [5, 5.41) is 15.4. The summed E-state index contributed by atoms with van der Waals surface area (Å²) in [4.78, 5) is 1.42. The van der Waals surface area contributed by atoms with Gasteiger partial charge in [-0.05, 0) is 30.7 Å². The van der Waals surface area contributed by atoms with Crippen molar-refractivity contribution in [2.45, 2.75) is 45.1 Å². The Kier molecular flexibility index (Phi) is 4.60. The average Bonchev–Trinajstić information content (AvgIpc) is 3.01. The van der Waals surface area contributed by atoms with E-state index in [-0.39, 0.29) is 5.41 Å². The first-order valence-corrected chi connectivity index (χ1v) is 7.55. The molecule has 1 saturated carbocycles. The zero-order valence-electron chi connectivity index (χ0n) is 10.6. The van der Waals surface area contributed by atoms with E-state index in [0.717, 1.165) is 13.0 Å². The number of aliphatic hydroxyl groups excluding tert-OH is 1. The average molecular weight is 253 g/mol. The number of nitrogens with one attached hydrogen (secondary N) is 1. The van der Waals surface area contributed by atoms with Crippen LogP contribution >= 0.6 is 11.3 Å². The van der Waals surface area contributed by atoms with Crippen molar-refractivity contribution in [2.75, 3.05) is 13.2 Å². The fourth-order valence-corrected chi connectivity index (χ4v) is 3.68. The minimum atomic E-state index is 0.157. The molecule has 17 heavy (non-hydrogen) atoms. The highest BCUT2D eigenvalue weighted by atomic mass is 32.1. The largest absolute Gasteiger partial charge is 0.396 e. The highest BCUT2D eigenvalue weighted by Gasteiger charge is 2.33. The first-order valence-electron chi connectivity index (χ1n) is 6.67. The zero-order chi connectivity index (χ0) is 12.1. The van der Waals surface area contributed by atoms with Crippen LogP contribution < -0.4 is 5.32 Å². The van der Waals surface area contributed by atoms with Gasteiger partial charge < -0.3 is 10.4 Å². The van der Waals surface area contributed by atoms with E-state index in [2.05, 4.69) is 29.8 Å². The lowest BCUT2D eigenvalue weighted by molar-refractivity contribution is 0.124. The lowest BCUT2D eigenvalue weighted by atomic mass is 9.87. The number of thiophene rings is 1. The summed E-state index contributed by atoms with van der Waals surface area (Å²) >= 11 is 1.82. The third-order valence-corrected chi connectivity index (χ3v) is 5.00. The molecule has 0 saturated heterocycles. The Morgan fingerprint density at radius 3 is 2.76 bits per heavy atom. The highest BCUT2D eigenvalue weighted by molar-refractivity contribution is 7.10. The van der Waals surface area contributed by atoms with E-state index in [9.17, 15) is 5.11 Å². The second-order valence-electron chi connectivity index (χ2n) is 5.22. The van der Waals surface area contributed by atoms with Gasteiger partial charge in [0.1, 0.15) is 0 Å². The standard InChI is InChI=1S/C14H23NOS/c1-2-12(13-6-5-9-17-13)15-10-14(11-16)7-3-4-8-14/h5-6,9,12,15-16H,2-4,7-8,10-11H2,1H3. The maximum atomic E-state index is 9.60. The lowest BCUT2D eigenvalue weighted by Gasteiger charge is -2.29. The second kappa shape index (κ2) is 5.98. The summed E-state index contributed by atoms with van der Waals surface area (Å²) < 4.78 is 0. The monoisotopic (exact) mass is 253 g/mol. The molecule has 1 heterocycles. The molecule has 0 aromatic carbocycles. The summed E-state index contributed by atoms with van der Waals surface area (Å²) in [5.41, 5.74) is 0.157. The molecule has 0 bridgehead atoms. The zero-order valence-corrected chi connectivity index (χ0v) is 11.4. The van der Waals surface area contributed by atoms with Crippen molar-refractivity contribution in [1.29, 1.82) is 0 Å². The number of hydrogen-bond donors (Lipinski definition) is 2. The lowest BCUT2D eigenvalue weighted by Crippen LogP contribution is -2.36. The molecule has 1 aliphatic rings. The fraction of sp³-hybridized carbons (Fsp3) is 0.714. The van der Waals surface area contributed by atoms with Gasteiger partial charge in [-0.3, -0.25) is 0 Å². The van der Waals surface area contributed by atoms with Crippen LogP contribution in [0.15, 0.2) is 17.5 Å². The summed E-state index contributed by atoms with van der Waals surface area (Å²) in [5.74, 6) is 0. The molecule has 2 rings (SSSR count). The molecule has 0 aliphatic heterocycles. The van der Waals surface area contributed by atoms with E-state index < -0.39 is 0 Å². The minimum Gasteiger partial charge on any atom is -0.396 e. The molecule has 2 N–H and O–H groups in total. The maximum absolute atomic E-state index is 9.60. The predicted octanol–water partition coefficient (Wildman–Crippen LogP) is 3.34. The summed E-state index contributed by atoms with van der Waals surface area (Å²) in [6.45, 7) is 3.51. The first-order chi connectivity index (χ1) is 8.29. The minimum absolute atomic E-state index is 0.157. The van der Waals surface area contributed by atoms with E-state index in [4.69, 9.17) is 0 Å². The van der Waals surface area contributed by atoms with Crippen molar-refractivity contribution in [2.24, 2.45) is 5.41 Å². The van der Waals surface area contributed by atoms with Gasteiger partial charge in [0.25, 0.3) is 0 Å². The van der Waals surface area contributed by atoms with Crippen molar-refractivity contribution < 1.29 is 5.11 Å². The van der Waals surface area contributed by atoms with Crippen molar-refractivity contribution in [3.8, 4) is 0 Å². The van der Waals surface area contributed by atoms with Gasteiger partial charge in [0, 0.05) is 29.5 Å². The Labute approximate surface area is 108 Å². The fourth-order valence-electron chi connectivity index (χ4n) is 2.79. The summed E-state index contributed by atoms with van der Waals surface area (Å²) in [6, 6.07) is 4.77. The second-order valence-corrected chi connectivity index (χ2v) is 6.20. The third kappa shape index (κ3) is 3.09. The molecule has 3 heteroatoms. The SMILES string of the molecule is CCC(NCC1(CO)CCCC1)c1cccs1. The molecule has 0 radical (unpaired) electrons. The molecule has 0 spiro atoms. The van der Waals surface area contributed by atoms with Gasteiger partial charge in [-0.25, -0.2) is 0 Å². The number of rotatable bonds is 6. The van der Waals surface area contributed by atoms with E-state index in [1.807, 2.05) is 11.3 Å². The van der Waals surface area contributed by atoms with E-state index in [1.54, 1.807) is 0 Å². The Morgan fingerprint density at radius 1 is 1.47 bits per heavy atom. The molecule has 1 unspecified atom stereocenters. The molecule has 1 aromatic rings. The van der Waals surface area contributed by atoms with Crippen LogP contribution in [-0.4, -0.2) is 18.3 Å². The Balaban J connectivity index is 1.91. The van der Waals surface area contributed by atoms with Crippen LogP contribution in [0.5, 0.6) is 0 Å². The van der Waals surface area contributed by atoms with Crippen molar-refractivity contribution in [3.05, 3.63) is 22.4 Å². The molecule has 0 amide bonds. The van der Waals surface area contributed by atoms with Gasteiger partial charge in [0.15, 0.2) is 0 Å². The van der Waals surface area contributed by atoms with E-state index in [0.29, 0.717) is 12.6 Å². The van der Waals surface area contributed by atoms with Crippen LogP contribution in [0.3, 0.4) is 0 Å². The molecule has 96 valence electrons. The van der Waals surface area contributed by atoms with Crippen LogP contribution in [0, 0.1) is 5.41 Å². The number of aliphatic hydroxyl groups is 1. The highest BCUT2D eigenvalue weighted by Crippen LogP contribution is 2.37. The van der Waals surface area contributed by atoms with Crippen molar-refractivity contribution in [3.63, 3.8) is 0 Å². The maximum Gasteiger partial charge on any atom is 0.0499 e. The van der Waals surface area contributed by atoms with E-state index >= 15 is 0 Å². The number of hydrogen-bond acceptors (Lipinski definition) is 3. The van der Waals surface area contributed by atoms with Gasteiger partial charge in [0.05, 0.1) is 0 Å². The quantitative estimate of drug-likeness (QED) is 0.815. The van der Waals surface area contributed by atoms with Crippen LogP contribution in [0.25, 0.3) is 0 Å². The van der Waals surface area contributed by atoms with Crippen molar-refractivity contribution in [1.82, 2.24) is 5.32 Å². The molecular formula is C14H23NOS. The van der Waals surface area contributed by atoms with Crippen LogP contribution in [0.4, 0.5) is 0 Å². The van der Waals surface area contributed by atoms with Crippen molar-refractivity contribution >= 4 is 11.3 Å². The molecular weight excluding hydrogens is 230 g/mol. The summed E-state index contributed by atoms with van der Waals surface area (Å²) in [7, 11) is 0. The van der Waals surface area contributed by atoms with Gasteiger partial charge in [0.2, 0.25) is 0 Å². The van der Waals surface area contributed by atoms with Gasteiger partial charge >= 0.3 is 0 Å². The molecule has 1 aliphatic carbocycles. The Morgan fingerprint density at radius 2 is 2.24 bits per heavy atom. The molecule has 1 fully saturated rings. The van der Waals surface area contributed by atoms with Gasteiger partial charge in [-0.1, -0.05) is 25.8 Å². The topological polar surface area (TPSA) is 32.3 Å². The summed E-state index contributed by atoms with van der Waals surface area (Å²) in [6.07, 6.45) is 6.02. The smallest absolute Gasteiger partial charge is 0.0499 e. The predicted molar refractivity (Wildman–Crippen MR) is 73.3 cm³/mol. The molecule has 1 aromatic heterocycles. The van der Waals surface area contributed by atoms with E-state index in [1.165, 1.54) is 30.6 Å². The normalized spacial score (nSPS) is 20.6. The van der Waals surface area contributed by atoms with Gasteiger partial charge in [-0.15, -0.1) is 11.3 Å². The Bertz CT molecular complexity index is 317. The first kappa shape index (κ1) is 13.1. The Hall–Kier alpha value is -0.380. The molecule has 2 nitrogen and oxygen atoms in total.